The van der Waals surface area contributed by atoms with Gasteiger partial charge in [0, 0.05) is 23.9 Å². The van der Waals surface area contributed by atoms with E-state index in [0.29, 0.717) is 6.04 Å². The predicted octanol–water partition coefficient (Wildman–Crippen LogP) is 2.87. The van der Waals surface area contributed by atoms with E-state index < -0.39 is 0 Å². The molecule has 0 spiro atoms. The molecule has 0 aliphatic carbocycles. The Morgan fingerprint density at radius 1 is 1.37 bits per heavy atom. The van der Waals surface area contributed by atoms with E-state index in [4.69, 9.17) is 4.74 Å². The normalized spacial score (nSPS) is 22.5. The number of hydrogen-bond acceptors (Lipinski definition) is 3. The molecule has 2 unspecified atom stereocenters. The maximum absolute atomic E-state index is 11.7. The first kappa shape index (κ1) is 13.9. The highest BCUT2D eigenvalue weighted by atomic mass is 16.5. The summed E-state index contributed by atoms with van der Waals surface area (Å²) in [6.45, 7) is 6.65. The van der Waals surface area contributed by atoms with Gasteiger partial charge in [-0.25, -0.2) is 0 Å². The van der Waals surface area contributed by atoms with E-state index in [9.17, 15) is 4.79 Å². The fourth-order valence-electron chi connectivity index (χ4n) is 2.11. The van der Waals surface area contributed by atoms with Crippen LogP contribution in [-0.4, -0.2) is 24.7 Å². The van der Waals surface area contributed by atoms with Crippen LogP contribution in [-0.2, 0) is 9.53 Å². The van der Waals surface area contributed by atoms with E-state index >= 15 is 0 Å². The minimum absolute atomic E-state index is 0.0140. The number of nitrogens with one attached hydrogen (secondary N) is 2. The fourth-order valence-corrected chi connectivity index (χ4v) is 2.11. The van der Waals surface area contributed by atoms with Crippen molar-refractivity contribution in [2.45, 2.75) is 39.3 Å². The third kappa shape index (κ3) is 3.70. The molecule has 2 rings (SSSR count). The molecule has 0 radical (unpaired) electrons. The minimum atomic E-state index is -0.0140. The first-order chi connectivity index (χ1) is 9.06. The number of rotatable bonds is 4. The van der Waals surface area contributed by atoms with Gasteiger partial charge in [0.1, 0.15) is 0 Å². The maximum Gasteiger partial charge on any atom is 0.226 e. The zero-order chi connectivity index (χ0) is 13.8. The molecule has 1 aromatic carbocycles. The summed E-state index contributed by atoms with van der Waals surface area (Å²) in [6, 6.07) is 8.16. The van der Waals surface area contributed by atoms with Gasteiger partial charge in [-0.15, -0.1) is 0 Å². The first-order valence-electron chi connectivity index (χ1n) is 6.85. The van der Waals surface area contributed by atoms with Crippen LogP contribution in [0.1, 0.15) is 27.2 Å². The molecule has 1 amide bonds. The lowest BCUT2D eigenvalue weighted by Gasteiger charge is -2.18. The van der Waals surface area contributed by atoms with E-state index in [1.165, 1.54) is 0 Å². The molecule has 0 saturated carbocycles. The Labute approximate surface area is 114 Å². The summed E-state index contributed by atoms with van der Waals surface area (Å²) in [5.74, 6) is 0.0228. The molecular weight excluding hydrogens is 240 g/mol. The average molecular weight is 262 g/mol. The van der Waals surface area contributed by atoms with Crippen molar-refractivity contribution in [3.05, 3.63) is 24.3 Å². The Morgan fingerprint density at radius 2 is 2.11 bits per heavy atom. The Morgan fingerprint density at radius 3 is 2.74 bits per heavy atom. The Balaban J connectivity index is 2.00. The number of carbonyl (C=O) groups is 1. The molecule has 104 valence electrons. The van der Waals surface area contributed by atoms with Crippen LogP contribution in [0.25, 0.3) is 0 Å². The minimum Gasteiger partial charge on any atom is -0.380 e. The van der Waals surface area contributed by atoms with E-state index in [1.807, 2.05) is 38.1 Å². The number of hydrogen-bond donors (Lipinski definition) is 2. The quantitative estimate of drug-likeness (QED) is 0.877. The summed E-state index contributed by atoms with van der Waals surface area (Å²) in [4.78, 5) is 11.7. The lowest BCUT2D eigenvalue weighted by atomic mass is 10.1. The molecule has 1 aliphatic rings. The van der Waals surface area contributed by atoms with Gasteiger partial charge in [-0.1, -0.05) is 19.9 Å². The van der Waals surface area contributed by atoms with Gasteiger partial charge in [0.25, 0.3) is 0 Å². The summed E-state index contributed by atoms with van der Waals surface area (Å²) in [5.41, 5.74) is 1.85. The molecule has 2 N–H and O–H groups in total. The molecule has 2 atom stereocenters. The van der Waals surface area contributed by atoms with Crippen LogP contribution in [0.15, 0.2) is 24.3 Å². The summed E-state index contributed by atoms with van der Waals surface area (Å²) in [5, 5.41) is 6.36. The van der Waals surface area contributed by atoms with Gasteiger partial charge >= 0.3 is 0 Å². The number of benzene rings is 1. The molecule has 1 saturated heterocycles. The number of anilines is 2. The molecule has 4 heteroatoms. The monoisotopic (exact) mass is 262 g/mol. The molecule has 1 fully saturated rings. The highest BCUT2D eigenvalue weighted by Gasteiger charge is 2.23. The van der Waals surface area contributed by atoms with Crippen LogP contribution in [0.5, 0.6) is 0 Å². The van der Waals surface area contributed by atoms with Crippen LogP contribution in [0.2, 0.25) is 0 Å². The van der Waals surface area contributed by atoms with Crippen LogP contribution >= 0.6 is 0 Å². The SMILES string of the molecule is CC(C)C(=O)Nc1cccc(NC2CCOC2C)c1. The lowest BCUT2D eigenvalue weighted by Crippen LogP contribution is -2.26. The summed E-state index contributed by atoms with van der Waals surface area (Å²) in [7, 11) is 0. The zero-order valence-corrected chi connectivity index (χ0v) is 11.8. The second-order valence-corrected chi connectivity index (χ2v) is 5.34. The molecule has 1 heterocycles. The fraction of sp³-hybridized carbons (Fsp3) is 0.533. The molecular formula is C15H22N2O2. The second kappa shape index (κ2) is 6.06. The van der Waals surface area contributed by atoms with Crippen molar-refractivity contribution in [1.29, 1.82) is 0 Å². The van der Waals surface area contributed by atoms with E-state index in [0.717, 1.165) is 24.4 Å². The highest BCUT2D eigenvalue weighted by Crippen LogP contribution is 2.21. The van der Waals surface area contributed by atoms with Crippen molar-refractivity contribution in [1.82, 2.24) is 0 Å². The van der Waals surface area contributed by atoms with Crippen LogP contribution < -0.4 is 10.6 Å². The summed E-state index contributed by atoms with van der Waals surface area (Å²) < 4.78 is 5.53. The van der Waals surface area contributed by atoms with Crippen LogP contribution in [0.3, 0.4) is 0 Å². The average Bonchev–Trinajstić information content (AvgIpc) is 2.75. The Hall–Kier alpha value is -1.55. The third-order valence-corrected chi connectivity index (χ3v) is 3.38. The first-order valence-corrected chi connectivity index (χ1v) is 6.85. The van der Waals surface area contributed by atoms with Crippen molar-refractivity contribution in [3.63, 3.8) is 0 Å². The van der Waals surface area contributed by atoms with Gasteiger partial charge < -0.3 is 15.4 Å². The maximum atomic E-state index is 11.7. The standard InChI is InChI=1S/C15H22N2O2/c1-10(2)15(18)17-13-6-4-5-12(9-13)16-14-7-8-19-11(14)3/h4-6,9-11,14,16H,7-8H2,1-3H3,(H,17,18). The molecule has 4 nitrogen and oxygen atoms in total. The number of ether oxygens (including phenoxy) is 1. The Bertz CT molecular complexity index is 446. The molecule has 1 aromatic rings. The number of carbonyl (C=O) groups excluding carboxylic acids is 1. The highest BCUT2D eigenvalue weighted by molar-refractivity contribution is 5.92. The lowest BCUT2D eigenvalue weighted by molar-refractivity contribution is -0.118. The molecule has 19 heavy (non-hydrogen) atoms. The Kier molecular flexibility index (Phi) is 4.43. The van der Waals surface area contributed by atoms with Crippen molar-refractivity contribution in [2.24, 2.45) is 5.92 Å². The molecule has 0 aromatic heterocycles. The van der Waals surface area contributed by atoms with E-state index in [-0.39, 0.29) is 17.9 Å². The van der Waals surface area contributed by atoms with Crippen molar-refractivity contribution in [3.8, 4) is 0 Å². The molecule has 1 aliphatic heterocycles. The third-order valence-electron chi connectivity index (χ3n) is 3.38. The number of amides is 1. The van der Waals surface area contributed by atoms with Crippen molar-refractivity contribution < 1.29 is 9.53 Å². The van der Waals surface area contributed by atoms with E-state index in [2.05, 4.69) is 17.6 Å². The van der Waals surface area contributed by atoms with Gasteiger partial charge in [0.05, 0.1) is 12.1 Å². The largest absolute Gasteiger partial charge is 0.380 e. The van der Waals surface area contributed by atoms with Crippen LogP contribution in [0, 0.1) is 5.92 Å². The van der Waals surface area contributed by atoms with Gasteiger partial charge in [-0.2, -0.15) is 0 Å². The zero-order valence-electron chi connectivity index (χ0n) is 11.8. The summed E-state index contributed by atoms with van der Waals surface area (Å²) in [6.07, 6.45) is 1.25. The van der Waals surface area contributed by atoms with Gasteiger partial charge in [-0.3, -0.25) is 4.79 Å². The van der Waals surface area contributed by atoms with Gasteiger partial charge in [0.15, 0.2) is 0 Å². The van der Waals surface area contributed by atoms with Crippen molar-refractivity contribution in [2.75, 3.05) is 17.2 Å². The van der Waals surface area contributed by atoms with E-state index in [1.54, 1.807) is 0 Å². The summed E-state index contributed by atoms with van der Waals surface area (Å²) >= 11 is 0. The van der Waals surface area contributed by atoms with Crippen molar-refractivity contribution >= 4 is 17.3 Å². The second-order valence-electron chi connectivity index (χ2n) is 5.34. The van der Waals surface area contributed by atoms with Crippen LogP contribution in [0.4, 0.5) is 11.4 Å². The van der Waals surface area contributed by atoms with Gasteiger partial charge in [-0.05, 0) is 31.5 Å². The topological polar surface area (TPSA) is 50.4 Å². The predicted molar refractivity (Wildman–Crippen MR) is 77.4 cm³/mol. The van der Waals surface area contributed by atoms with Gasteiger partial charge in [0.2, 0.25) is 5.91 Å². The smallest absolute Gasteiger partial charge is 0.226 e. The molecule has 0 bridgehead atoms.